The van der Waals surface area contributed by atoms with Crippen molar-refractivity contribution in [2.45, 2.75) is 33.3 Å². The Hall–Kier alpha value is -2.65. The summed E-state index contributed by atoms with van der Waals surface area (Å²) in [5, 5.41) is 14.1. The molecule has 3 N–H and O–H groups in total. The van der Waals surface area contributed by atoms with Gasteiger partial charge in [0.25, 0.3) is 5.91 Å². The van der Waals surface area contributed by atoms with Gasteiger partial charge in [0.1, 0.15) is 12.1 Å². The summed E-state index contributed by atoms with van der Waals surface area (Å²) in [6.07, 6.45) is -0.777. The maximum Gasteiger partial charge on any atom is 0.413 e. The van der Waals surface area contributed by atoms with Gasteiger partial charge in [-0.05, 0) is 27.7 Å². The van der Waals surface area contributed by atoms with E-state index >= 15 is 0 Å². The predicted molar refractivity (Wildman–Crippen MR) is 75.2 cm³/mol. The minimum atomic E-state index is -0.777. The normalized spacial score (nSPS) is 10.7. The molecule has 0 saturated heterocycles. The van der Waals surface area contributed by atoms with Crippen molar-refractivity contribution >= 4 is 23.8 Å². The fourth-order valence-corrected chi connectivity index (χ4v) is 1.32. The number of nitrogens with one attached hydrogen (secondary N) is 3. The molecule has 1 rings (SSSR count). The molecule has 0 unspecified atom stereocenters. The monoisotopic (exact) mass is 313 g/mol. The zero-order chi connectivity index (χ0) is 16.8. The first-order chi connectivity index (χ1) is 10.2. The van der Waals surface area contributed by atoms with E-state index in [4.69, 9.17) is 4.74 Å². The Labute approximate surface area is 126 Å². The van der Waals surface area contributed by atoms with E-state index in [-0.39, 0.29) is 24.7 Å². The van der Waals surface area contributed by atoms with Crippen LogP contribution in [-0.4, -0.2) is 52.1 Å². The highest BCUT2D eigenvalue weighted by Crippen LogP contribution is 2.12. The van der Waals surface area contributed by atoms with E-state index in [2.05, 4.69) is 30.8 Å². The highest BCUT2D eigenvalue weighted by Gasteiger charge is 2.22. The van der Waals surface area contributed by atoms with Crippen LogP contribution in [-0.2, 0) is 14.3 Å². The lowest BCUT2D eigenvalue weighted by molar-refractivity contribution is -0.141. The molecule has 1 aromatic heterocycles. The average molecular weight is 313 g/mol. The summed E-state index contributed by atoms with van der Waals surface area (Å²) in [6.45, 7) is 6.64. The molecule has 1 heterocycles. The van der Waals surface area contributed by atoms with Crippen LogP contribution in [0.1, 0.15) is 38.2 Å². The molecule has 0 aliphatic heterocycles. The van der Waals surface area contributed by atoms with Gasteiger partial charge in [0, 0.05) is 0 Å². The zero-order valence-corrected chi connectivity index (χ0v) is 12.8. The van der Waals surface area contributed by atoms with Gasteiger partial charge >= 0.3 is 12.1 Å². The Kier molecular flexibility index (Phi) is 5.84. The summed E-state index contributed by atoms with van der Waals surface area (Å²) in [4.78, 5) is 34.7. The van der Waals surface area contributed by atoms with Gasteiger partial charge in [-0.15, -0.1) is 10.2 Å². The highest BCUT2D eigenvalue weighted by molar-refractivity contribution is 6.00. The van der Waals surface area contributed by atoms with E-state index < -0.39 is 23.6 Å². The summed E-state index contributed by atoms with van der Waals surface area (Å²) in [5.41, 5.74) is -0.865. The predicted octanol–water partition coefficient (Wildman–Crippen LogP) is 0.445. The number of nitrogens with zero attached hydrogens (tertiary/aromatic N) is 2. The third-order valence-corrected chi connectivity index (χ3v) is 2.08. The average Bonchev–Trinajstić information content (AvgIpc) is 2.82. The van der Waals surface area contributed by atoms with Gasteiger partial charge in [-0.1, -0.05) is 0 Å². The number of rotatable bonds is 5. The SMILES string of the molecule is CCOC(=O)CNC(=O)c1n[nH]nc1NC(=O)OC(C)(C)C. The third kappa shape index (κ3) is 5.77. The number of carbonyl (C=O) groups excluding carboxylic acids is 3. The topological polar surface area (TPSA) is 135 Å². The van der Waals surface area contributed by atoms with Crippen molar-refractivity contribution in [3.8, 4) is 0 Å². The molecule has 0 aliphatic carbocycles. The first kappa shape index (κ1) is 17.4. The molecule has 22 heavy (non-hydrogen) atoms. The lowest BCUT2D eigenvalue weighted by Crippen LogP contribution is -2.32. The summed E-state index contributed by atoms with van der Waals surface area (Å²) in [6, 6.07) is 0. The largest absolute Gasteiger partial charge is 0.465 e. The number of ether oxygens (including phenoxy) is 2. The molecule has 0 fully saturated rings. The molecule has 2 amide bonds. The number of aromatic nitrogens is 3. The Morgan fingerprint density at radius 2 is 1.91 bits per heavy atom. The van der Waals surface area contributed by atoms with Crippen LogP contribution in [0.5, 0.6) is 0 Å². The lowest BCUT2D eigenvalue weighted by Gasteiger charge is -2.19. The minimum Gasteiger partial charge on any atom is -0.465 e. The molecule has 0 aliphatic rings. The van der Waals surface area contributed by atoms with Crippen molar-refractivity contribution < 1.29 is 23.9 Å². The van der Waals surface area contributed by atoms with Gasteiger partial charge in [-0.2, -0.15) is 5.21 Å². The highest BCUT2D eigenvalue weighted by atomic mass is 16.6. The second-order valence-corrected chi connectivity index (χ2v) is 5.14. The molecule has 1 aromatic rings. The van der Waals surface area contributed by atoms with Crippen LogP contribution in [0.4, 0.5) is 10.6 Å². The van der Waals surface area contributed by atoms with Gasteiger partial charge in [0.15, 0.2) is 11.5 Å². The Morgan fingerprint density at radius 1 is 1.23 bits per heavy atom. The number of aromatic amines is 1. The van der Waals surface area contributed by atoms with E-state index in [0.717, 1.165) is 0 Å². The van der Waals surface area contributed by atoms with Gasteiger partial charge in [-0.25, -0.2) is 4.79 Å². The van der Waals surface area contributed by atoms with E-state index in [0.29, 0.717) is 0 Å². The van der Waals surface area contributed by atoms with E-state index in [9.17, 15) is 14.4 Å². The van der Waals surface area contributed by atoms with Crippen molar-refractivity contribution in [1.82, 2.24) is 20.7 Å². The molecular formula is C12H19N5O5. The summed E-state index contributed by atoms with van der Waals surface area (Å²) >= 11 is 0. The smallest absolute Gasteiger partial charge is 0.413 e. The van der Waals surface area contributed by atoms with Gasteiger partial charge in [0.2, 0.25) is 0 Å². The zero-order valence-electron chi connectivity index (χ0n) is 12.8. The molecule has 0 atom stereocenters. The van der Waals surface area contributed by atoms with Crippen molar-refractivity contribution in [3.05, 3.63) is 5.69 Å². The Balaban J connectivity index is 2.63. The standard InChI is InChI=1S/C12H19N5O5/c1-5-21-7(18)6-13-10(19)8-9(16-17-15-8)14-11(20)22-12(2,3)4/h5-6H2,1-4H3,(H,13,19)(H2,14,15,16,17,20). The summed E-state index contributed by atoms with van der Waals surface area (Å²) in [7, 11) is 0. The van der Waals surface area contributed by atoms with Gasteiger partial charge < -0.3 is 14.8 Å². The molecule has 0 aromatic carbocycles. The van der Waals surface area contributed by atoms with E-state index in [1.807, 2.05) is 0 Å². The molecule has 0 spiro atoms. The molecule has 0 bridgehead atoms. The summed E-state index contributed by atoms with van der Waals surface area (Å²) in [5.74, 6) is -1.37. The Bertz CT molecular complexity index is 548. The van der Waals surface area contributed by atoms with Crippen molar-refractivity contribution in [1.29, 1.82) is 0 Å². The van der Waals surface area contributed by atoms with Crippen LogP contribution < -0.4 is 10.6 Å². The van der Waals surface area contributed by atoms with E-state index in [1.54, 1.807) is 27.7 Å². The first-order valence-corrected chi connectivity index (χ1v) is 6.57. The lowest BCUT2D eigenvalue weighted by atomic mass is 10.2. The van der Waals surface area contributed by atoms with Crippen molar-refractivity contribution in [2.75, 3.05) is 18.5 Å². The molecule has 122 valence electrons. The van der Waals surface area contributed by atoms with Crippen LogP contribution >= 0.6 is 0 Å². The molecular weight excluding hydrogens is 294 g/mol. The Morgan fingerprint density at radius 3 is 2.50 bits per heavy atom. The number of esters is 1. The number of hydrogen-bond acceptors (Lipinski definition) is 7. The van der Waals surface area contributed by atoms with Gasteiger partial charge in [-0.3, -0.25) is 14.9 Å². The molecule has 10 nitrogen and oxygen atoms in total. The molecule has 0 saturated carbocycles. The van der Waals surface area contributed by atoms with Crippen LogP contribution in [0.25, 0.3) is 0 Å². The van der Waals surface area contributed by atoms with Gasteiger partial charge in [0.05, 0.1) is 6.61 Å². The third-order valence-electron chi connectivity index (χ3n) is 2.08. The van der Waals surface area contributed by atoms with Crippen LogP contribution in [0, 0.1) is 0 Å². The van der Waals surface area contributed by atoms with E-state index in [1.165, 1.54) is 0 Å². The minimum absolute atomic E-state index is 0.101. The van der Waals surface area contributed by atoms with Crippen LogP contribution in [0.3, 0.4) is 0 Å². The second kappa shape index (κ2) is 7.38. The van der Waals surface area contributed by atoms with Crippen LogP contribution in [0.15, 0.2) is 0 Å². The number of hydrogen-bond donors (Lipinski definition) is 3. The van der Waals surface area contributed by atoms with Crippen molar-refractivity contribution in [3.63, 3.8) is 0 Å². The quantitative estimate of drug-likeness (QED) is 0.671. The number of H-pyrrole nitrogens is 1. The fraction of sp³-hybridized carbons (Fsp3) is 0.583. The molecule has 0 radical (unpaired) electrons. The number of carbonyl (C=O) groups is 3. The molecule has 10 heteroatoms. The number of amides is 2. The fourth-order valence-electron chi connectivity index (χ4n) is 1.32. The maximum atomic E-state index is 11.9. The second-order valence-electron chi connectivity index (χ2n) is 5.14. The first-order valence-electron chi connectivity index (χ1n) is 6.57. The van der Waals surface area contributed by atoms with Crippen molar-refractivity contribution in [2.24, 2.45) is 0 Å². The summed E-state index contributed by atoms with van der Waals surface area (Å²) < 4.78 is 9.71. The maximum absolute atomic E-state index is 11.9. The number of anilines is 1. The van der Waals surface area contributed by atoms with Crippen LogP contribution in [0.2, 0.25) is 0 Å².